The fourth-order valence-corrected chi connectivity index (χ4v) is 2.68. The van der Waals surface area contributed by atoms with Gasteiger partial charge in [0, 0.05) is 6.54 Å². The van der Waals surface area contributed by atoms with E-state index in [0.717, 1.165) is 19.3 Å². The second-order valence-corrected chi connectivity index (χ2v) is 5.27. The molecule has 1 aliphatic heterocycles. The molecular formula is C14H18N2O3S. The number of thiocarbonyl (C=S) groups is 1. The van der Waals surface area contributed by atoms with Gasteiger partial charge in [-0.1, -0.05) is 12.2 Å². The maximum atomic E-state index is 12.6. The molecule has 108 valence electrons. The first kappa shape index (κ1) is 14.6. The standard InChI is InChI=1S/C14H18N2O3S/c1-19-9-5-6-12(17)10(8-9)14(18)16-7-3-2-4-11(16)13(15)20/h5-6,8,11,17H,2-4,7H2,1H3,(H2,15,20). The van der Waals surface area contributed by atoms with Crippen molar-refractivity contribution in [1.29, 1.82) is 0 Å². The lowest BCUT2D eigenvalue weighted by atomic mass is 10.0. The number of benzene rings is 1. The highest BCUT2D eigenvalue weighted by Gasteiger charge is 2.30. The second-order valence-electron chi connectivity index (χ2n) is 4.80. The molecule has 1 aliphatic rings. The zero-order valence-electron chi connectivity index (χ0n) is 11.3. The van der Waals surface area contributed by atoms with Gasteiger partial charge in [-0.05, 0) is 37.5 Å². The largest absolute Gasteiger partial charge is 0.507 e. The first-order chi connectivity index (χ1) is 9.54. The molecular weight excluding hydrogens is 276 g/mol. The van der Waals surface area contributed by atoms with Crippen LogP contribution in [0.15, 0.2) is 18.2 Å². The third-order valence-corrected chi connectivity index (χ3v) is 3.80. The van der Waals surface area contributed by atoms with Crippen LogP contribution in [0.2, 0.25) is 0 Å². The lowest BCUT2D eigenvalue weighted by molar-refractivity contribution is 0.0678. The Morgan fingerprint density at radius 1 is 1.50 bits per heavy atom. The maximum absolute atomic E-state index is 12.6. The van der Waals surface area contributed by atoms with Crippen LogP contribution >= 0.6 is 12.2 Å². The van der Waals surface area contributed by atoms with Crippen LogP contribution in [-0.4, -0.2) is 40.6 Å². The van der Waals surface area contributed by atoms with Crippen molar-refractivity contribution >= 4 is 23.1 Å². The van der Waals surface area contributed by atoms with Crippen molar-refractivity contribution < 1.29 is 14.6 Å². The van der Waals surface area contributed by atoms with E-state index in [1.54, 1.807) is 11.0 Å². The van der Waals surface area contributed by atoms with E-state index in [9.17, 15) is 9.90 Å². The zero-order chi connectivity index (χ0) is 14.7. The summed E-state index contributed by atoms with van der Waals surface area (Å²) in [5.74, 6) is 0.192. The number of nitrogens with two attached hydrogens (primary N) is 1. The summed E-state index contributed by atoms with van der Waals surface area (Å²) in [4.78, 5) is 14.6. The van der Waals surface area contributed by atoms with Gasteiger partial charge in [-0.3, -0.25) is 4.79 Å². The number of methoxy groups -OCH3 is 1. The number of rotatable bonds is 3. The summed E-state index contributed by atoms with van der Waals surface area (Å²) in [6.07, 6.45) is 2.68. The van der Waals surface area contributed by atoms with Gasteiger partial charge < -0.3 is 20.5 Å². The Morgan fingerprint density at radius 2 is 2.25 bits per heavy atom. The predicted molar refractivity (Wildman–Crippen MR) is 80.1 cm³/mol. The summed E-state index contributed by atoms with van der Waals surface area (Å²) in [6, 6.07) is 4.35. The predicted octanol–water partition coefficient (Wildman–Crippen LogP) is 1.68. The first-order valence-electron chi connectivity index (χ1n) is 6.52. The molecule has 1 aromatic carbocycles. The summed E-state index contributed by atoms with van der Waals surface area (Å²) >= 11 is 5.04. The number of carbonyl (C=O) groups excluding carboxylic acids is 1. The van der Waals surface area contributed by atoms with Crippen molar-refractivity contribution in [2.24, 2.45) is 5.73 Å². The molecule has 20 heavy (non-hydrogen) atoms. The molecule has 0 aromatic heterocycles. The van der Waals surface area contributed by atoms with Gasteiger partial charge in [-0.2, -0.15) is 0 Å². The van der Waals surface area contributed by atoms with E-state index in [0.29, 0.717) is 17.3 Å². The van der Waals surface area contributed by atoms with Gasteiger partial charge in [-0.25, -0.2) is 0 Å². The minimum Gasteiger partial charge on any atom is -0.507 e. The van der Waals surface area contributed by atoms with Gasteiger partial charge >= 0.3 is 0 Å². The van der Waals surface area contributed by atoms with Crippen LogP contribution in [0, 0.1) is 0 Å². The van der Waals surface area contributed by atoms with Crippen LogP contribution in [0.25, 0.3) is 0 Å². The van der Waals surface area contributed by atoms with Crippen LogP contribution in [0.4, 0.5) is 0 Å². The average molecular weight is 294 g/mol. The molecule has 6 heteroatoms. The van der Waals surface area contributed by atoms with Crippen molar-refractivity contribution in [1.82, 2.24) is 4.90 Å². The molecule has 1 saturated heterocycles. The molecule has 0 saturated carbocycles. The molecule has 1 amide bonds. The Kier molecular flexibility index (Phi) is 4.44. The van der Waals surface area contributed by atoms with E-state index in [2.05, 4.69) is 0 Å². The van der Waals surface area contributed by atoms with Crippen LogP contribution in [0.1, 0.15) is 29.6 Å². The van der Waals surface area contributed by atoms with Gasteiger partial charge in [0.1, 0.15) is 11.5 Å². The van der Waals surface area contributed by atoms with Crippen molar-refractivity contribution in [3.05, 3.63) is 23.8 Å². The van der Waals surface area contributed by atoms with Crippen LogP contribution in [0.5, 0.6) is 11.5 Å². The minimum absolute atomic E-state index is 0.0666. The highest BCUT2D eigenvalue weighted by Crippen LogP contribution is 2.27. The molecule has 2 rings (SSSR count). The fourth-order valence-electron chi connectivity index (χ4n) is 2.44. The monoisotopic (exact) mass is 294 g/mol. The number of amides is 1. The lowest BCUT2D eigenvalue weighted by Gasteiger charge is -2.35. The Hall–Kier alpha value is -1.82. The number of aromatic hydroxyl groups is 1. The number of piperidine rings is 1. The van der Waals surface area contributed by atoms with Gasteiger partial charge in [0.15, 0.2) is 0 Å². The normalized spacial score (nSPS) is 18.6. The van der Waals surface area contributed by atoms with Gasteiger partial charge in [-0.15, -0.1) is 0 Å². The number of ether oxygens (including phenoxy) is 1. The topological polar surface area (TPSA) is 75.8 Å². The molecule has 0 spiro atoms. The fraction of sp³-hybridized carbons (Fsp3) is 0.429. The summed E-state index contributed by atoms with van der Waals surface area (Å²) in [7, 11) is 1.51. The Bertz CT molecular complexity index is 533. The third kappa shape index (κ3) is 2.85. The first-order valence-corrected chi connectivity index (χ1v) is 6.92. The summed E-state index contributed by atoms with van der Waals surface area (Å²) < 4.78 is 5.09. The highest BCUT2D eigenvalue weighted by molar-refractivity contribution is 7.80. The Labute approximate surface area is 123 Å². The quantitative estimate of drug-likeness (QED) is 0.830. The molecule has 5 nitrogen and oxygen atoms in total. The smallest absolute Gasteiger partial charge is 0.258 e. The van der Waals surface area contributed by atoms with Crippen molar-refractivity contribution in [2.45, 2.75) is 25.3 Å². The average Bonchev–Trinajstić information content (AvgIpc) is 2.47. The summed E-state index contributed by atoms with van der Waals surface area (Å²) in [5, 5.41) is 9.89. The Morgan fingerprint density at radius 3 is 2.90 bits per heavy atom. The molecule has 1 atom stereocenters. The maximum Gasteiger partial charge on any atom is 0.258 e. The van der Waals surface area contributed by atoms with Crippen LogP contribution in [0.3, 0.4) is 0 Å². The number of carbonyl (C=O) groups is 1. The molecule has 1 heterocycles. The van der Waals surface area contributed by atoms with E-state index in [4.69, 9.17) is 22.7 Å². The Balaban J connectivity index is 2.31. The van der Waals surface area contributed by atoms with E-state index in [-0.39, 0.29) is 23.3 Å². The summed E-state index contributed by atoms with van der Waals surface area (Å²) in [6.45, 7) is 0.595. The number of hydrogen-bond acceptors (Lipinski definition) is 4. The highest BCUT2D eigenvalue weighted by atomic mass is 32.1. The lowest BCUT2D eigenvalue weighted by Crippen LogP contribution is -2.49. The molecule has 1 fully saturated rings. The van der Waals surface area contributed by atoms with E-state index < -0.39 is 0 Å². The minimum atomic E-state index is -0.265. The number of likely N-dealkylation sites (tertiary alicyclic amines) is 1. The van der Waals surface area contributed by atoms with E-state index in [1.807, 2.05) is 0 Å². The van der Waals surface area contributed by atoms with Gasteiger partial charge in [0.25, 0.3) is 5.91 Å². The number of phenols is 1. The number of phenolic OH excluding ortho intramolecular Hbond substituents is 1. The van der Waals surface area contributed by atoms with Crippen molar-refractivity contribution in [2.75, 3.05) is 13.7 Å². The van der Waals surface area contributed by atoms with Crippen LogP contribution < -0.4 is 10.5 Å². The number of hydrogen-bond donors (Lipinski definition) is 2. The molecule has 1 unspecified atom stereocenters. The molecule has 0 aliphatic carbocycles. The zero-order valence-corrected chi connectivity index (χ0v) is 12.2. The van der Waals surface area contributed by atoms with Gasteiger partial charge in [0.2, 0.25) is 0 Å². The van der Waals surface area contributed by atoms with Crippen molar-refractivity contribution in [3.8, 4) is 11.5 Å². The molecule has 3 N–H and O–H groups in total. The van der Waals surface area contributed by atoms with Crippen molar-refractivity contribution in [3.63, 3.8) is 0 Å². The SMILES string of the molecule is COc1ccc(O)c(C(=O)N2CCCCC2C(N)=S)c1. The molecule has 1 aromatic rings. The van der Waals surface area contributed by atoms with E-state index >= 15 is 0 Å². The van der Waals surface area contributed by atoms with E-state index in [1.165, 1.54) is 19.2 Å². The van der Waals surface area contributed by atoms with Gasteiger partial charge in [0.05, 0.1) is 23.7 Å². The molecule has 0 bridgehead atoms. The van der Waals surface area contributed by atoms with Crippen LogP contribution in [-0.2, 0) is 0 Å². The third-order valence-electron chi connectivity index (χ3n) is 3.53. The molecule has 0 radical (unpaired) electrons. The number of nitrogens with zero attached hydrogens (tertiary/aromatic N) is 1. The summed E-state index contributed by atoms with van der Waals surface area (Å²) in [5.41, 5.74) is 5.93. The second kappa shape index (κ2) is 6.09.